The van der Waals surface area contributed by atoms with Crippen molar-refractivity contribution in [2.75, 3.05) is 64.2 Å². The van der Waals surface area contributed by atoms with Crippen LogP contribution in [0.25, 0.3) is 0 Å². The Balaban J connectivity index is 1.45. The summed E-state index contributed by atoms with van der Waals surface area (Å²) in [4.78, 5) is 41.3. The minimum Gasteiger partial charge on any atom is -0.354 e. The molecule has 30 heavy (non-hydrogen) atoms. The predicted octanol–water partition coefficient (Wildman–Crippen LogP) is 0.220. The number of carbonyl (C=O) groups is 3. The monoisotopic (exact) mass is 427 g/mol. The van der Waals surface area contributed by atoms with Crippen molar-refractivity contribution in [1.29, 1.82) is 0 Å². The molecule has 1 aromatic carbocycles. The Morgan fingerprint density at radius 2 is 1.70 bits per heavy atom. The van der Waals surface area contributed by atoms with Gasteiger partial charge in [-0.1, -0.05) is 12.1 Å². The maximum absolute atomic E-state index is 13.0. The maximum Gasteiger partial charge on any atom is 0.418 e. The zero-order valence-electron chi connectivity index (χ0n) is 16.4. The van der Waals surface area contributed by atoms with Crippen molar-refractivity contribution in [3.8, 4) is 0 Å². The van der Waals surface area contributed by atoms with Crippen molar-refractivity contribution < 1.29 is 27.6 Å². The van der Waals surface area contributed by atoms with Gasteiger partial charge in [0.1, 0.15) is 0 Å². The highest BCUT2D eigenvalue weighted by Crippen LogP contribution is 2.34. The van der Waals surface area contributed by atoms with E-state index in [1.165, 1.54) is 18.2 Å². The molecule has 0 aliphatic carbocycles. The second-order valence-corrected chi connectivity index (χ2v) is 7.31. The van der Waals surface area contributed by atoms with Crippen LogP contribution < -0.4 is 10.6 Å². The molecule has 2 heterocycles. The summed E-state index contributed by atoms with van der Waals surface area (Å²) in [5, 5.41) is 5.04. The second-order valence-electron chi connectivity index (χ2n) is 7.31. The molecule has 0 saturated carbocycles. The fraction of sp³-hybridized carbons (Fsp3) is 0.526. The third-order valence-corrected chi connectivity index (χ3v) is 5.08. The van der Waals surface area contributed by atoms with Crippen LogP contribution in [0, 0.1) is 0 Å². The third kappa shape index (κ3) is 5.92. The number of nitrogens with zero attached hydrogens (tertiary/aromatic N) is 3. The van der Waals surface area contributed by atoms with Crippen LogP contribution >= 0.6 is 0 Å². The van der Waals surface area contributed by atoms with E-state index in [-0.39, 0.29) is 37.1 Å². The molecule has 11 heteroatoms. The van der Waals surface area contributed by atoms with Crippen LogP contribution in [0.2, 0.25) is 0 Å². The SMILES string of the molecule is O=C1CN(CC(=O)N2CCN(CC(=O)Nc3ccccc3C(F)(F)F)CC2)CCN1. The van der Waals surface area contributed by atoms with Gasteiger partial charge in [0.15, 0.2) is 0 Å². The van der Waals surface area contributed by atoms with Crippen LogP contribution in [-0.4, -0.2) is 91.3 Å². The zero-order valence-corrected chi connectivity index (χ0v) is 16.4. The Morgan fingerprint density at radius 1 is 1.00 bits per heavy atom. The number of amides is 3. The largest absolute Gasteiger partial charge is 0.418 e. The van der Waals surface area contributed by atoms with Crippen molar-refractivity contribution in [2.45, 2.75) is 6.18 Å². The molecule has 0 bridgehead atoms. The lowest BCUT2D eigenvalue weighted by Crippen LogP contribution is -2.55. The van der Waals surface area contributed by atoms with E-state index >= 15 is 0 Å². The van der Waals surface area contributed by atoms with Crippen LogP contribution in [-0.2, 0) is 20.6 Å². The van der Waals surface area contributed by atoms with E-state index in [9.17, 15) is 27.6 Å². The number of halogens is 3. The fourth-order valence-corrected chi connectivity index (χ4v) is 3.51. The van der Waals surface area contributed by atoms with E-state index in [4.69, 9.17) is 0 Å². The van der Waals surface area contributed by atoms with Crippen LogP contribution in [0.5, 0.6) is 0 Å². The molecule has 3 amide bonds. The highest BCUT2D eigenvalue weighted by Gasteiger charge is 2.33. The summed E-state index contributed by atoms with van der Waals surface area (Å²) in [6, 6.07) is 4.84. The molecule has 2 fully saturated rings. The molecule has 0 atom stereocenters. The summed E-state index contributed by atoms with van der Waals surface area (Å²) < 4.78 is 39.1. The molecule has 0 unspecified atom stereocenters. The Kier molecular flexibility index (Phi) is 6.93. The number of benzene rings is 1. The first-order valence-electron chi connectivity index (χ1n) is 9.67. The lowest BCUT2D eigenvalue weighted by molar-refractivity contribution is -0.137. The van der Waals surface area contributed by atoms with Gasteiger partial charge in [-0.15, -0.1) is 0 Å². The standard InChI is InChI=1S/C19H24F3N5O3/c20-19(21,22)14-3-1-2-4-15(14)24-17(29)12-25-7-9-27(10-8-25)18(30)13-26-6-5-23-16(28)11-26/h1-4H,5-13H2,(H,23,28)(H,24,29). The minimum atomic E-state index is -4.55. The number of hydrogen-bond donors (Lipinski definition) is 2. The third-order valence-electron chi connectivity index (χ3n) is 5.08. The Hall–Kier alpha value is -2.66. The number of rotatable bonds is 5. The summed E-state index contributed by atoms with van der Waals surface area (Å²) in [7, 11) is 0. The van der Waals surface area contributed by atoms with Crippen molar-refractivity contribution in [1.82, 2.24) is 20.0 Å². The molecule has 2 aliphatic rings. The fourth-order valence-electron chi connectivity index (χ4n) is 3.51. The molecule has 164 valence electrons. The summed E-state index contributed by atoms with van der Waals surface area (Å²) in [6.45, 7) is 3.19. The molecule has 0 radical (unpaired) electrons. The first kappa shape index (κ1) is 22.0. The van der Waals surface area contributed by atoms with Crippen LogP contribution in [0.15, 0.2) is 24.3 Å². The average molecular weight is 427 g/mol. The summed E-state index contributed by atoms with van der Waals surface area (Å²) in [6.07, 6.45) is -4.55. The highest BCUT2D eigenvalue weighted by molar-refractivity contribution is 5.93. The van der Waals surface area contributed by atoms with Crippen LogP contribution in [0.4, 0.5) is 18.9 Å². The van der Waals surface area contributed by atoms with Gasteiger partial charge in [-0.25, -0.2) is 0 Å². The van der Waals surface area contributed by atoms with Crippen LogP contribution in [0.1, 0.15) is 5.56 Å². The molecule has 2 N–H and O–H groups in total. The quantitative estimate of drug-likeness (QED) is 0.703. The molecular weight excluding hydrogens is 403 g/mol. The van der Waals surface area contributed by atoms with E-state index < -0.39 is 17.6 Å². The zero-order chi connectivity index (χ0) is 21.7. The lowest BCUT2D eigenvalue weighted by Gasteiger charge is -2.36. The van der Waals surface area contributed by atoms with E-state index in [0.717, 1.165) is 6.07 Å². The van der Waals surface area contributed by atoms with Gasteiger partial charge in [0.2, 0.25) is 17.7 Å². The van der Waals surface area contributed by atoms with E-state index in [2.05, 4.69) is 10.6 Å². The summed E-state index contributed by atoms with van der Waals surface area (Å²) in [5.41, 5.74) is -1.16. The lowest BCUT2D eigenvalue weighted by atomic mass is 10.1. The van der Waals surface area contributed by atoms with Gasteiger partial charge >= 0.3 is 6.18 Å². The van der Waals surface area contributed by atoms with Gasteiger partial charge in [-0.3, -0.25) is 24.2 Å². The molecule has 1 aromatic rings. The molecule has 3 rings (SSSR count). The molecule has 8 nitrogen and oxygen atoms in total. The number of para-hydroxylation sites is 1. The predicted molar refractivity (Wildman–Crippen MR) is 103 cm³/mol. The van der Waals surface area contributed by atoms with Gasteiger partial charge in [-0.05, 0) is 12.1 Å². The van der Waals surface area contributed by atoms with E-state index in [0.29, 0.717) is 39.3 Å². The van der Waals surface area contributed by atoms with Gasteiger partial charge in [-0.2, -0.15) is 13.2 Å². The van der Waals surface area contributed by atoms with Gasteiger partial charge in [0, 0.05) is 39.3 Å². The Bertz CT molecular complexity index is 794. The average Bonchev–Trinajstić information content (AvgIpc) is 2.68. The molecule has 2 saturated heterocycles. The molecule has 0 aromatic heterocycles. The van der Waals surface area contributed by atoms with Gasteiger partial charge < -0.3 is 15.5 Å². The minimum absolute atomic E-state index is 0.0550. The highest BCUT2D eigenvalue weighted by atomic mass is 19.4. The number of hydrogen-bond acceptors (Lipinski definition) is 5. The van der Waals surface area contributed by atoms with Crippen LogP contribution in [0.3, 0.4) is 0 Å². The number of carbonyl (C=O) groups excluding carboxylic acids is 3. The Labute approximate surface area is 172 Å². The Morgan fingerprint density at radius 3 is 2.37 bits per heavy atom. The maximum atomic E-state index is 13.0. The first-order chi connectivity index (χ1) is 14.2. The second kappa shape index (κ2) is 9.43. The van der Waals surface area contributed by atoms with E-state index in [1.54, 1.807) is 14.7 Å². The van der Waals surface area contributed by atoms with Crippen molar-refractivity contribution in [2.24, 2.45) is 0 Å². The number of alkyl halides is 3. The summed E-state index contributed by atoms with van der Waals surface area (Å²) >= 11 is 0. The number of nitrogens with one attached hydrogen (secondary N) is 2. The topological polar surface area (TPSA) is 85.0 Å². The van der Waals surface area contributed by atoms with Gasteiger partial charge in [0.25, 0.3) is 0 Å². The smallest absolute Gasteiger partial charge is 0.354 e. The normalized spacial score (nSPS) is 18.8. The summed E-state index contributed by atoms with van der Waals surface area (Å²) in [5.74, 6) is -0.712. The number of piperazine rings is 2. The van der Waals surface area contributed by atoms with Crippen molar-refractivity contribution in [3.63, 3.8) is 0 Å². The first-order valence-corrected chi connectivity index (χ1v) is 9.67. The van der Waals surface area contributed by atoms with E-state index in [1.807, 2.05) is 0 Å². The molecular formula is C19H24F3N5O3. The molecule has 0 spiro atoms. The molecule has 2 aliphatic heterocycles. The number of anilines is 1. The van der Waals surface area contributed by atoms with Crippen molar-refractivity contribution >= 4 is 23.4 Å². The van der Waals surface area contributed by atoms with Crippen molar-refractivity contribution in [3.05, 3.63) is 29.8 Å². The van der Waals surface area contributed by atoms with Gasteiger partial charge in [0.05, 0.1) is 30.9 Å².